The molecule has 8 nitrogen and oxygen atoms in total. The van der Waals surface area contributed by atoms with Crippen molar-refractivity contribution in [3.63, 3.8) is 0 Å². The molecule has 1 aromatic carbocycles. The third-order valence-electron chi connectivity index (χ3n) is 5.63. The van der Waals surface area contributed by atoms with Crippen LogP contribution in [0.1, 0.15) is 30.3 Å². The molecule has 33 heavy (non-hydrogen) atoms. The van der Waals surface area contributed by atoms with Gasteiger partial charge in [-0.2, -0.15) is 32.0 Å². The SMILES string of the molecule is Cc1nn(C)c2cc(-c3noc(C4CCN(C(=O)OCC(F)(F)C(F)(F)F)CC4)n3)ccc12. The Hall–Kier alpha value is -3.25. The van der Waals surface area contributed by atoms with Crippen molar-refractivity contribution in [1.82, 2.24) is 24.8 Å². The molecular weight excluding hydrogens is 453 g/mol. The minimum Gasteiger partial charge on any atom is -0.443 e. The van der Waals surface area contributed by atoms with Gasteiger partial charge in [-0.3, -0.25) is 4.68 Å². The third kappa shape index (κ3) is 4.48. The van der Waals surface area contributed by atoms with Gasteiger partial charge in [0.1, 0.15) is 0 Å². The Labute approximate surface area is 184 Å². The van der Waals surface area contributed by atoms with Gasteiger partial charge in [-0.1, -0.05) is 17.3 Å². The molecule has 0 spiro atoms. The molecular formula is C20H20F5N5O3. The molecule has 0 saturated carbocycles. The van der Waals surface area contributed by atoms with Crippen LogP contribution >= 0.6 is 0 Å². The first-order valence-electron chi connectivity index (χ1n) is 10.1. The van der Waals surface area contributed by atoms with Crippen LogP contribution in [0.25, 0.3) is 22.3 Å². The van der Waals surface area contributed by atoms with E-state index in [9.17, 15) is 26.7 Å². The topological polar surface area (TPSA) is 86.3 Å². The quantitative estimate of drug-likeness (QED) is 0.521. The van der Waals surface area contributed by atoms with Crippen LogP contribution in [-0.2, 0) is 11.8 Å². The molecule has 0 bridgehead atoms. The summed E-state index contributed by atoms with van der Waals surface area (Å²) < 4.78 is 73.8. The molecule has 0 atom stereocenters. The number of likely N-dealkylation sites (tertiary alicyclic amines) is 1. The number of carbonyl (C=O) groups is 1. The van der Waals surface area contributed by atoms with Gasteiger partial charge in [-0.25, -0.2) is 4.79 Å². The summed E-state index contributed by atoms with van der Waals surface area (Å²) in [6.07, 6.45) is -6.27. The summed E-state index contributed by atoms with van der Waals surface area (Å²) in [5.41, 5.74) is 2.56. The largest absolute Gasteiger partial charge is 0.456 e. The Kier molecular flexibility index (Phi) is 5.74. The Balaban J connectivity index is 1.36. The van der Waals surface area contributed by atoms with Crippen LogP contribution < -0.4 is 0 Å². The standard InChI is InChI=1S/C20H20F5N5O3/c1-11-14-4-3-13(9-15(14)29(2)27-11)16-26-17(33-28-16)12-5-7-30(8-6-12)18(31)32-10-19(21,22)20(23,24)25/h3-4,9,12H,5-8,10H2,1-2H3. The fourth-order valence-corrected chi connectivity index (χ4v) is 3.73. The van der Waals surface area contributed by atoms with E-state index in [4.69, 9.17) is 4.52 Å². The van der Waals surface area contributed by atoms with Gasteiger partial charge >= 0.3 is 18.2 Å². The average molecular weight is 473 g/mol. The molecule has 3 aromatic rings. The number of amides is 1. The van der Waals surface area contributed by atoms with Gasteiger partial charge in [0.25, 0.3) is 0 Å². The normalized spacial score (nSPS) is 15.9. The summed E-state index contributed by atoms with van der Waals surface area (Å²) in [6, 6.07) is 5.69. The maximum Gasteiger partial charge on any atom is 0.456 e. The van der Waals surface area contributed by atoms with Crippen LogP contribution in [0.15, 0.2) is 22.7 Å². The third-order valence-corrected chi connectivity index (χ3v) is 5.63. The lowest BCUT2D eigenvalue weighted by Gasteiger charge is -2.30. The van der Waals surface area contributed by atoms with Crippen molar-refractivity contribution in [3.05, 3.63) is 29.8 Å². The fraction of sp³-hybridized carbons (Fsp3) is 0.500. The van der Waals surface area contributed by atoms with Crippen LogP contribution in [0.2, 0.25) is 0 Å². The van der Waals surface area contributed by atoms with Crippen molar-refractivity contribution in [2.45, 2.75) is 37.8 Å². The summed E-state index contributed by atoms with van der Waals surface area (Å²) in [4.78, 5) is 17.4. The van der Waals surface area contributed by atoms with E-state index in [0.717, 1.165) is 27.1 Å². The van der Waals surface area contributed by atoms with Crippen LogP contribution in [0, 0.1) is 6.92 Å². The Morgan fingerprint density at radius 3 is 2.58 bits per heavy atom. The van der Waals surface area contributed by atoms with E-state index in [2.05, 4.69) is 20.0 Å². The molecule has 1 aliphatic heterocycles. The molecule has 1 aliphatic rings. The van der Waals surface area contributed by atoms with Gasteiger partial charge in [0.2, 0.25) is 11.7 Å². The number of carbonyl (C=O) groups excluding carboxylic acids is 1. The second-order valence-electron chi connectivity index (χ2n) is 7.92. The van der Waals surface area contributed by atoms with Gasteiger partial charge in [0, 0.05) is 37.0 Å². The number of alkyl halides is 5. The van der Waals surface area contributed by atoms with E-state index in [1.807, 2.05) is 32.2 Å². The lowest BCUT2D eigenvalue weighted by atomic mass is 9.97. The number of halogens is 5. The predicted octanol–water partition coefficient (Wildman–Crippen LogP) is 4.45. The molecule has 1 saturated heterocycles. The number of aromatic nitrogens is 4. The smallest absolute Gasteiger partial charge is 0.443 e. The van der Waals surface area contributed by atoms with Gasteiger partial charge in [-0.15, -0.1) is 0 Å². The molecule has 1 amide bonds. The number of piperidine rings is 1. The van der Waals surface area contributed by atoms with Gasteiger partial charge in [0.15, 0.2) is 6.61 Å². The zero-order valence-corrected chi connectivity index (χ0v) is 17.7. The molecule has 0 N–H and O–H groups in total. The lowest BCUT2D eigenvalue weighted by molar-refractivity contribution is -0.292. The van der Waals surface area contributed by atoms with Crippen molar-refractivity contribution in [3.8, 4) is 11.4 Å². The highest BCUT2D eigenvalue weighted by molar-refractivity contribution is 5.85. The Morgan fingerprint density at radius 1 is 1.21 bits per heavy atom. The van der Waals surface area contributed by atoms with Crippen molar-refractivity contribution >= 4 is 17.0 Å². The highest BCUT2D eigenvalue weighted by atomic mass is 19.4. The molecule has 0 aliphatic carbocycles. The van der Waals surface area contributed by atoms with Crippen LogP contribution in [0.3, 0.4) is 0 Å². The summed E-state index contributed by atoms with van der Waals surface area (Å²) in [5, 5.41) is 9.42. The number of ether oxygens (including phenoxy) is 1. The van der Waals surface area contributed by atoms with Crippen LogP contribution in [0.5, 0.6) is 0 Å². The summed E-state index contributed by atoms with van der Waals surface area (Å²) in [7, 11) is 1.84. The van der Waals surface area contributed by atoms with Crippen molar-refractivity contribution in [2.24, 2.45) is 7.05 Å². The minimum absolute atomic E-state index is 0.0963. The highest BCUT2D eigenvalue weighted by Crippen LogP contribution is 2.36. The first kappa shape index (κ1) is 22.9. The first-order chi connectivity index (χ1) is 15.5. The van der Waals surface area contributed by atoms with Crippen LogP contribution in [-0.4, -0.2) is 62.7 Å². The first-order valence-corrected chi connectivity index (χ1v) is 10.1. The van der Waals surface area contributed by atoms with E-state index in [1.165, 1.54) is 0 Å². The van der Waals surface area contributed by atoms with E-state index in [-0.39, 0.29) is 19.0 Å². The number of hydrogen-bond donors (Lipinski definition) is 0. The number of aryl methyl sites for hydroxylation is 2. The molecule has 0 unspecified atom stereocenters. The number of fused-ring (bicyclic) bond motifs is 1. The molecule has 1 fully saturated rings. The molecule has 13 heteroatoms. The van der Waals surface area contributed by atoms with Crippen molar-refractivity contribution in [2.75, 3.05) is 19.7 Å². The predicted molar refractivity (Wildman–Crippen MR) is 105 cm³/mol. The van der Waals surface area contributed by atoms with E-state index < -0.39 is 24.8 Å². The maximum absolute atomic E-state index is 12.9. The highest BCUT2D eigenvalue weighted by Gasteiger charge is 2.58. The average Bonchev–Trinajstić information content (AvgIpc) is 3.36. The molecule has 4 rings (SSSR count). The molecule has 178 valence electrons. The maximum atomic E-state index is 12.9. The number of hydrogen-bond acceptors (Lipinski definition) is 6. The lowest BCUT2D eigenvalue weighted by Crippen LogP contribution is -2.44. The summed E-state index contributed by atoms with van der Waals surface area (Å²) in [6.45, 7) is 0.0550. The number of benzene rings is 1. The monoisotopic (exact) mass is 473 g/mol. The zero-order valence-electron chi connectivity index (χ0n) is 17.7. The minimum atomic E-state index is -5.78. The van der Waals surface area contributed by atoms with Gasteiger partial charge < -0.3 is 14.2 Å². The summed E-state index contributed by atoms with van der Waals surface area (Å²) >= 11 is 0. The van der Waals surface area contributed by atoms with Crippen molar-refractivity contribution in [1.29, 1.82) is 0 Å². The molecule has 0 radical (unpaired) electrons. The molecule has 2 aromatic heterocycles. The van der Waals surface area contributed by atoms with E-state index in [1.54, 1.807) is 4.68 Å². The second-order valence-corrected chi connectivity index (χ2v) is 7.92. The van der Waals surface area contributed by atoms with Gasteiger partial charge in [0.05, 0.1) is 11.2 Å². The van der Waals surface area contributed by atoms with E-state index in [0.29, 0.717) is 24.6 Å². The van der Waals surface area contributed by atoms with Crippen LogP contribution in [0.4, 0.5) is 26.7 Å². The Morgan fingerprint density at radius 2 is 1.91 bits per heavy atom. The van der Waals surface area contributed by atoms with Crippen molar-refractivity contribution < 1.29 is 36.0 Å². The van der Waals surface area contributed by atoms with E-state index >= 15 is 0 Å². The number of rotatable bonds is 4. The Bertz CT molecular complexity index is 1160. The zero-order chi connectivity index (χ0) is 24.0. The number of nitrogens with zero attached hydrogens (tertiary/aromatic N) is 5. The van der Waals surface area contributed by atoms with Gasteiger partial charge in [-0.05, 0) is 25.8 Å². The molecule has 3 heterocycles. The fourth-order valence-electron chi connectivity index (χ4n) is 3.73. The summed E-state index contributed by atoms with van der Waals surface area (Å²) in [5.74, 6) is -4.53. The second kappa shape index (κ2) is 8.27.